The van der Waals surface area contributed by atoms with Crippen LogP contribution < -0.4 is 0 Å². The minimum Gasteiger partial charge on any atom is -0.350 e. The average molecular weight is 556 g/mol. The summed E-state index contributed by atoms with van der Waals surface area (Å²) in [5, 5.41) is 3.92. The Morgan fingerprint density at radius 1 is 0.667 bits per heavy atom. The van der Waals surface area contributed by atoms with E-state index >= 15 is 0 Å². The van der Waals surface area contributed by atoms with E-state index < -0.39 is 0 Å². The Bertz CT molecular complexity index is 1940. The SMILES string of the molecule is Cn1cc(C(C)(C)Cc2ccc(CC(C)(C)c3ccc4ccccc4n3)c3cc(C(C)(C)C)n(C)c23)c2ccccc21. The number of pyridine rings is 1. The molecular formula is C39H45N3. The monoisotopic (exact) mass is 555 g/mol. The Balaban J connectivity index is 1.45. The van der Waals surface area contributed by atoms with Crippen LogP contribution >= 0.6 is 0 Å². The lowest BCUT2D eigenvalue weighted by Gasteiger charge is -2.27. The number of fused-ring (bicyclic) bond motifs is 3. The molecule has 3 aromatic heterocycles. The normalized spacial score (nSPS) is 13.1. The van der Waals surface area contributed by atoms with E-state index in [9.17, 15) is 0 Å². The van der Waals surface area contributed by atoms with Gasteiger partial charge in [0, 0.05) is 64.2 Å². The van der Waals surface area contributed by atoms with Crippen LogP contribution in [0.1, 0.15) is 76.5 Å². The molecule has 0 N–H and O–H groups in total. The summed E-state index contributed by atoms with van der Waals surface area (Å²) < 4.78 is 4.74. The molecule has 0 aliphatic carbocycles. The van der Waals surface area contributed by atoms with E-state index in [2.05, 4.69) is 157 Å². The fourth-order valence-corrected chi connectivity index (χ4v) is 7.08. The number of aryl methyl sites for hydroxylation is 2. The van der Waals surface area contributed by atoms with E-state index in [0.717, 1.165) is 24.1 Å². The molecule has 0 atom stereocenters. The van der Waals surface area contributed by atoms with Gasteiger partial charge in [0.15, 0.2) is 0 Å². The van der Waals surface area contributed by atoms with Gasteiger partial charge in [0.25, 0.3) is 0 Å². The molecule has 3 heteroatoms. The molecule has 0 fully saturated rings. The third-order valence-electron chi connectivity index (χ3n) is 9.32. The number of hydrogen-bond acceptors (Lipinski definition) is 1. The van der Waals surface area contributed by atoms with E-state index in [1.54, 1.807) is 0 Å². The molecular weight excluding hydrogens is 510 g/mol. The van der Waals surface area contributed by atoms with E-state index in [1.165, 1.54) is 49.6 Å². The van der Waals surface area contributed by atoms with Gasteiger partial charge in [-0.25, -0.2) is 0 Å². The fourth-order valence-electron chi connectivity index (χ4n) is 7.08. The van der Waals surface area contributed by atoms with Crippen molar-refractivity contribution in [3.8, 4) is 0 Å². The second kappa shape index (κ2) is 9.87. The zero-order valence-corrected chi connectivity index (χ0v) is 26.8. The van der Waals surface area contributed by atoms with E-state index in [0.29, 0.717) is 0 Å². The van der Waals surface area contributed by atoms with Gasteiger partial charge in [0.05, 0.1) is 11.0 Å². The molecule has 6 aromatic rings. The molecule has 0 saturated heterocycles. The second-order valence-electron chi connectivity index (χ2n) is 14.7. The summed E-state index contributed by atoms with van der Waals surface area (Å²) in [6.07, 6.45) is 4.23. The topological polar surface area (TPSA) is 22.8 Å². The minimum atomic E-state index is -0.113. The van der Waals surface area contributed by atoms with Crippen LogP contribution in [-0.2, 0) is 43.2 Å². The highest BCUT2D eigenvalue weighted by molar-refractivity contribution is 5.89. The number of aromatic nitrogens is 3. The third-order valence-corrected chi connectivity index (χ3v) is 9.32. The molecule has 6 rings (SSSR count). The lowest BCUT2D eigenvalue weighted by Crippen LogP contribution is -2.23. The van der Waals surface area contributed by atoms with Gasteiger partial charge in [-0.3, -0.25) is 4.98 Å². The Hall–Kier alpha value is -3.85. The molecule has 0 spiro atoms. The molecule has 42 heavy (non-hydrogen) atoms. The molecule has 216 valence electrons. The van der Waals surface area contributed by atoms with Crippen LogP contribution in [0.3, 0.4) is 0 Å². The Labute approximate surface area is 251 Å². The highest BCUT2D eigenvalue weighted by atomic mass is 15.0. The molecule has 0 bridgehead atoms. The summed E-state index contributed by atoms with van der Waals surface area (Å²) in [5.74, 6) is 0. The van der Waals surface area contributed by atoms with E-state index in [-0.39, 0.29) is 16.2 Å². The van der Waals surface area contributed by atoms with Crippen molar-refractivity contribution in [2.75, 3.05) is 0 Å². The first kappa shape index (κ1) is 28.3. The first-order valence-corrected chi connectivity index (χ1v) is 15.3. The van der Waals surface area contributed by atoms with Gasteiger partial charge in [-0.15, -0.1) is 0 Å². The van der Waals surface area contributed by atoms with Crippen LogP contribution in [0.15, 0.2) is 85.1 Å². The second-order valence-corrected chi connectivity index (χ2v) is 14.7. The maximum Gasteiger partial charge on any atom is 0.0705 e. The highest BCUT2D eigenvalue weighted by Crippen LogP contribution is 2.40. The summed E-state index contributed by atoms with van der Waals surface area (Å²) in [5.41, 5.74) is 10.3. The number of nitrogens with zero attached hydrogens (tertiary/aromatic N) is 3. The zero-order chi connectivity index (χ0) is 30.0. The van der Waals surface area contributed by atoms with Gasteiger partial charge < -0.3 is 9.13 Å². The van der Waals surface area contributed by atoms with Crippen molar-refractivity contribution in [3.05, 3.63) is 113 Å². The first-order valence-electron chi connectivity index (χ1n) is 15.3. The maximum atomic E-state index is 5.10. The quantitative estimate of drug-likeness (QED) is 0.201. The average Bonchev–Trinajstić information content (AvgIpc) is 3.48. The van der Waals surface area contributed by atoms with Gasteiger partial charge in [-0.2, -0.15) is 0 Å². The molecule has 3 nitrogen and oxygen atoms in total. The summed E-state index contributed by atoms with van der Waals surface area (Å²) in [4.78, 5) is 5.10. The van der Waals surface area contributed by atoms with Crippen molar-refractivity contribution in [2.24, 2.45) is 14.1 Å². The third kappa shape index (κ3) is 4.83. The van der Waals surface area contributed by atoms with Crippen molar-refractivity contribution in [3.63, 3.8) is 0 Å². The Morgan fingerprint density at radius 3 is 2.10 bits per heavy atom. The number of benzene rings is 3. The predicted molar refractivity (Wildman–Crippen MR) is 180 cm³/mol. The van der Waals surface area contributed by atoms with Gasteiger partial charge in [-0.1, -0.05) is 103 Å². The lowest BCUT2D eigenvalue weighted by atomic mass is 9.77. The van der Waals surface area contributed by atoms with Crippen LogP contribution in [-0.4, -0.2) is 14.1 Å². The standard InChI is InChI=1S/C39H45N3/c1-37(2,3)35-22-30-27(23-39(6,7)34-21-20-26-14-10-12-16-32(26)40-34)18-19-28(36(30)42(35)9)24-38(4,5)31-25-41(8)33-17-13-11-15-29(31)33/h10-22,25H,23-24H2,1-9H3. The molecule has 0 saturated carbocycles. The summed E-state index contributed by atoms with van der Waals surface area (Å²) in [6, 6.07) is 28.9. The fraction of sp³-hybridized carbons (Fsp3) is 0.359. The molecule has 0 aliphatic heterocycles. The van der Waals surface area contributed by atoms with Crippen LogP contribution in [0.25, 0.3) is 32.7 Å². The number of rotatable bonds is 6. The summed E-state index contributed by atoms with van der Waals surface area (Å²) >= 11 is 0. The van der Waals surface area contributed by atoms with E-state index in [4.69, 9.17) is 4.98 Å². The molecule has 0 amide bonds. The lowest BCUT2D eigenvalue weighted by molar-refractivity contribution is 0.508. The van der Waals surface area contributed by atoms with Crippen LogP contribution in [0, 0.1) is 0 Å². The zero-order valence-electron chi connectivity index (χ0n) is 26.8. The first-order chi connectivity index (χ1) is 19.8. The number of hydrogen-bond donors (Lipinski definition) is 0. The summed E-state index contributed by atoms with van der Waals surface area (Å²) in [7, 11) is 4.42. The molecule has 0 aliphatic rings. The van der Waals surface area contributed by atoms with Crippen molar-refractivity contribution in [2.45, 2.75) is 77.6 Å². The van der Waals surface area contributed by atoms with Crippen LogP contribution in [0.4, 0.5) is 0 Å². The van der Waals surface area contributed by atoms with Gasteiger partial charge >= 0.3 is 0 Å². The van der Waals surface area contributed by atoms with Gasteiger partial charge in [0.2, 0.25) is 0 Å². The van der Waals surface area contributed by atoms with Gasteiger partial charge in [-0.05, 0) is 59.2 Å². The summed E-state index contributed by atoms with van der Waals surface area (Å²) in [6.45, 7) is 16.4. The molecule has 3 heterocycles. The highest BCUT2D eigenvalue weighted by Gasteiger charge is 2.30. The molecule has 3 aromatic carbocycles. The molecule has 0 unspecified atom stereocenters. The largest absolute Gasteiger partial charge is 0.350 e. The van der Waals surface area contributed by atoms with Crippen molar-refractivity contribution >= 4 is 32.7 Å². The Morgan fingerprint density at radius 2 is 1.33 bits per heavy atom. The smallest absolute Gasteiger partial charge is 0.0705 e. The predicted octanol–water partition coefficient (Wildman–Crippen LogP) is 9.56. The van der Waals surface area contributed by atoms with E-state index in [1.807, 2.05) is 0 Å². The van der Waals surface area contributed by atoms with Crippen molar-refractivity contribution in [1.29, 1.82) is 0 Å². The molecule has 0 radical (unpaired) electrons. The minimum absolute atomic E-state index is 0.0320. The van der Waals surface area contributed by atoms with Gasteiger partial charge in [0.1, 0.15) is 0 Å². The number of para-hydroxylation sites is 2. The maximum absolute atomic E-state index is 5.10. The van der Waals surface area contributed by atoms with Crippen LogP contribution in [0.2, 0.25) is 0 Å². The van der Waals surface area contributed by atoms with Crippen LogP contribution in [0.5, 0.6) is 0 Å². The van der Waals surface area contributed by atoms with Crippen molar-refractivity contribution < 1.29 is 0 Å². The Kier molecular flexibility index (Phi) is 6.64. The van der Waals surface area contributed by atoms with Crippen molar-refractivity contribution in [1.82, 2.24) is 14.1 Å².